The largest absolute Gasteiger partial charge is 0.493 e. The van der Waals surface area contributed by atoms with E-state index in [1.807, 2.05) is 42.5 Å². The fraction of sp³-hybridized carbons (Fsp3) is 0.304. The molecule has 0 spiro atoms. The number of benzene rings is 2. The third-order valence-corrected chi connectivity index (χ3v) is 5.84. The molecule has 1 unspecified atom stereocenters. The first-order chi connectivity index (χ1) is 14.1. The van der Waals surface area contributed by atoms with Gasteiger partial charge >= 0.3 is 0 Å². The van der Waals surface area contributed by atoms with Crippen LogP contribution in [-0.2, 0) is 4.79 Å². The molecule has 1 amide bonds. The molecule has 2 aromatic carbocycles. The molecular formula is C23H25NO3S2. The van der Waals surface area contributed by atoms with Crippen LogP contribution in [0.5, 0.6) is 11.5 Å². The number of thioether (sulfide) groups is 1. The number of amides is 1. The van der Waals surface area contributed by atoms with Crippen LogP contribution >= 0.6 is 24.0 Å². The Morgan fingerprint density at radius 1 is 1.14 bits per heavy atom. The lowest BCUT2D eigenvalue weighted by Crippen LogP contribution is -2.17. The van der Waals surface area contributed by atoms with Crippen molar-refractivity contribution in [3.63, 3.8) is 0 Å². The molecule has 0 saturated carbocycles. The Bertz CT molecular complexity index is 911. The van der Waals surface area contributed by atoms with Gasteiger partial charge in [0, 0.05) is 6.42 Å². The third kappa shape index (κ3) is 6.08. The second-order valence-electron chi connectivity index (χ2n) is 6.82. The number of carbonyl (C=O) groups is 1. The molecule has 29 heavy (non-hydrogen) atoms. The first kappa shape index (κ1) is 21.4. The third-order valence-electron chi connectivity index (χ3n) is 4.68. The molecule has 4 nitrogen and oxygen atoms in total. The minimum absolute atomic E-state index is 0.152. The summed E-state index contributed by atoms with van der Waals surface area (Å²) in [5, 5.41) is 2.62. The van der Waals surface area contributed by atoms with E-state index in [9.17, 15) is 4.79 Å². The van der Waals surface area contributed by atoms with Crippen molar-refractivity contribution in [3.05, 3.63) is 64.6 Å². The SMILES string of the molecule is CCC(C)c1ccccc1OCCCOc1cccc(C=C2SC(=S)NC2=O)c1. The summed E-state index contributed by atoms with van der Waals surface area (Å²) in [5.74, 6) is 2.06. The molecular weight excluding hydrogens is 402 g/mol. The number of ether oxygens (including phenoxy) is 2. The number of hydrogen-bond acceptors (Lipinski definition) is 5. The van der Waals surface area contributed by atoms with Crippen LogP contribution in [0.25, 0.3) is 6.08 Å². The molecule has 1 atom stereocenters. The molecule has 0 radical (unpaired) electrons. The Labute approximate surface area is 181 Å². The van der Waals surface area contributed by atoms with Crippen LogP contribution in [0.3, 0.4) is 0 Å². The Hall–Kier alpha value is -2.31. The maximum atomic E-state index is 11.8. The van der Waals surface area contributed by atoms with Gasteiger partial charge in [-0.25, -0.2) is 0 Å². The summed E-state index contributed by atoms with van der Waals surface area (Å²) in [4.78, 5) is 12.4. The highest BCUT2D eigenvalue weighted by atomic mass is 32.2. The minimum Gasteiger partial charge on any atom is -0.493 e. The van der Waals surface area contributed by atoms with Crippen molar-refractivity contribution in [2.24, 2.45) is 0 Å². The van der Waals surface area contributed by atoms with Gasteiger partial charge in [-0.1, -0.05) is 68.2 Å². The van der Waals surface area contributed by atoms with Gasteiger partial charge in [-0.2, -0.15) is 0 Å². The van der Waals surface area contributed by atoms with Crippen molar-refractivity contribution in [2.45, 2.75) is 32.6 Å². The van der Waals surface area contributed by atoms with Crippen molar-refractivity contribution >= 4 is 40.3 Å². The summed E-state index contributed by atoms with van der Waals surface area (Å²) in [5.41, 5.74) is 2.16. The smallest absolute Gasteiger partial charge is 0.263 e. The number of carbonyl (C=O) groups excluding carboxylic acids is 1. The molecule has 2 aromatic rings. The Morgan fingerprint density at radius 3 is 2.69 bits per heavy atom. The average Bonchev–Trinajstić information content (AvgIpc) is 3.04. The molecule has 1 heterocycles. The quantitative estimate of drug-likeness (QED) is 0.324. The molecule has 0 bridgehead atoms. The molecule has 1 fully saturated rings. The van der Waals surface area contributed by atoms with Gasteiger partial charge in [0.05, 0.1) is 18.1 Å². The highest BCUT2D eigenvalue weighted by Crippen LogP contribution is 2.29. The monoisotopic (exact) mass is 427 g/mol. The van der Waals surface area contributed by atoms with Gasteiger partial charge in [0.25, 0.3) is 5.91 Å². The summed E-state index contributed by atoms with van der Waals surface area (Å²) in [6.07, 6.45) is 3.69. The molecule has 1 N–H and O–H groups in total. The van der Waals surface area contributed by atoms with E-state index in [0.717, 1.165) is 29.9 Å². The maximum Gasteiger partial charge on any atom is 0.263 e. The second kappa shape index (κ2) is 10.5. The lowest BCUT2D eigenvalue weighted by Gasteiger charge is -2.15. The van der Waals surface area contributed by atoms with Crippen molar-refractivity contribution in [1.82, 2.24) is 5.32 Å². The molecule has 1 saturated heterocycles. The summed E-state index contributed by atoms with van der Waals surface area (Å²) in [6, 6.07) is 15.9. The minimum atomic E-state index is -0.152. The van der Waals surface area contributed by atoms with Crippen LogP contribution in [0, 0.1) is 0 Å². The van der Waals surface area contributed by atoms with Gasteiger partial charge in [0.15, 0.2) is 0 Å². The number of thiocarbonyl (C=S) groups is 1. The fourth-order valence-corrected chi connectivity index (χ4v) is 3.98. The van der Waals surface area contributed by atoms with E-state index in [4.69, 9.17) is 21.7 Å². The number of hydrogen-bond donors (Lipinski definition) is 1. The summed E-state index contributed by atoms with van der Waals surface area (Å²) in [7, 11) is 0. The topological polar surface area (TPSA) is 47.6 Å². The summed E-state index contributed by atoms with van der Waals surface area (Å²) < 4.78 is 12.3. The predicted octanol–water partition coefficient (Wildman–Crippen LogP) is 5.54. The molecule has 0 aromatic heterocycles. The first-order valence-corrected chi connectivity index (χ1v) is 11.0. The highest BCUT2D eigenvalue weighted by Gasteiger charge is 2.21. The van der Waals surface area contributed by atoms with Crippen LogP contribution in [0.4, 0.5) is 0 Å². The van der Waals surface area contributed by atoms with Crippen LogP contribution in [0.1, 0.15) is 43.7 Å². The van der Waals surface area contributed by atoms with Gasteiger partial charge in [-0.15, -0.1) is 0 Å². The van der Waals surface area contributed by atoms with E-state index < -0.39 is 0 Å². The second-order valence-corrected chi connectivity index (χ2v) is 8.54. The van der Waals surface area contributed by atoms with E-state index in [0.29, 0.717) is 28.4 Å². The zero-order valence-corrected chi connectivity index (χ0v) is 18.3. The summed E-state index contributed by atoms with van der Waals surface area (Å²) in [6.45, 7) is 5.57. The maximum absolute atomic E-state index is 11.8. The van der Waals surface area contributed by atoms with Crippen LogP contribution in [-0.4, -0.2) is 23.4 Å². The van der Waals surface area contributed by atoms with Gasteiger partial charge < -0.3 is 14.8 Å². The van der Waals surface area contributed by atoms with E-state index in [-0.39, 0.29) is 5.91 Å². The number of para-hydroxylation sites is 1. The first-order valence-electron chi connectivity index (χ1n) is 9.76. The van der Waals surface area contributed by atoms with Crippen molar-refractivity contribution in [2.75, 3.05) is 13.2 Å². The standard InChI is InChI=1S/C23H25NO3S2/c1-3-16(2)19-10-4-5-11-20(19)27-13-7-12-26-18-9-6-8-17(14-18)15-21-22(25)24-23(28)29-21/h4-6,8-11,14-16H,3,7,12-13H2,1-2H3,(H,24,25,28). The zero-order chi connectivity index (χ0) is 20.6. The molecule has 6 heteroatoms. The summed E-state index contributed by atoms with van der Waals surface area (Å²) >= 11 is 6.29. The average molecular weight is 428 g/mol. The highest BCUT2D eigenvalue weighted by molar-refractivity contribution is 8.26. The molecule has 3 rings (SSSR count). The van der Waals surface area contributed by atoms with E-state index >= 15 is 0 Å². The normalized spacial score (nSPS) is 16.0. The van der Waals surface area contributed by atoms with Gasteiger partial charge in [0.2, 0.25) is 0 Å². The lowest BCUT2D eigenvalue weighted by atomic mass is 9.98. The van der Waals surface area contributed by atoms with Gasteiger partial charge in [-0.05, 0) is 47.7 Å². The molecule has 152 valence electrons. The van der Waals surface area contributed by atoms with E-state index in [1.54, 1.807) is 0 Å². The van der Waals surface area contributed by atoms with Crippen molar-refractivity contribution in [3.8, 4) is 11.5 Å². The number of rotatable bonds is 9. The molecule has 1 aliphatic heterocycles. The predicted molar refractivity (Wildman–Crippen MR) is 124 cm³/mol. The van der Waals surface area contributed by atoms with Crippen LogP contribution in [0.15, 0.2) is 53.4 Å². The van der Waals surface area contributed by atoms with Crippen molar-refractivity contribution in [1.29, 1.82) is 0 Å². The Morgan fingerprint density at radius 2 is 1.93 bits per heavy atom. The molecule has 1 aliphatic rings. The van der Waals surface area contributed by atoms with Crippen LogP contribution in [0.2, 0.25) is 0 Å². The van der Waals surface area contributed by atoms with E-state index in [2.05, 4.69) is 31.3 Å². The van der Waals surface area contributed by atoms with Gasteiger partial charge in [-0.3, -0.25) is 4.79 Å². The number of nitrogens with one attached hydrogen (secondary N) is 1. The zero-order valence-electron chi connectivity index (χ0n) is 16.6. The van der Waals surface area contributed by atoms with E-state index in [1.165, 1.54) is 17.3 Å². The Kier molecular flexibility index (Phi) is 7.72. The van der Waals surface area contributed by atoms with Crippen LogP contribution < -0.4 is 14.8 Å². The van der Waals surface area contributed by atoms with Gasteiger partial charge in [0.1, 0.15) is 15.8 Å². The molecule has 0 aliphatic carbocycles. The van der Waals surface area contributed by atoms with Crippen molar-refractivity contribution < 1.29 is 14.3 Å². The lowest BCUT2D eigenvalue weighted by molar-refractivity contribution is -0.115. The Balaban J connectivity index is 1.49. The fourth-order valence-electron chi connectivity index (χ4n) is 2.94.